The summed E-state index contributed by atoms with van der Waals surface area (Å²) >= 11 is 0. The van der Waals surface area contributed by atoms with E-state index in [1.54, 1.807) is 12.1 Å². The summed E-state index contributed by atoms with van der Waals surface area (Å²) in [6, 6.07) is 3.74. The molecule has 3 atom stereocenters. The van der Waals surface area contributed by atoms with E-state index in [-0.39, 0.29) is 23.6 Å². The van der Waals surface area contributed by atoms with Gasteiger partial charge in [-0.05, 0) is 31.2 Å². The van der Waals surface area contributed by atoms with E-state index in [4.69, 9.17) is 4.74 Å². The number of hydrogen-bond acceptors (Lipinski definition) is 4. The second-order valence-corrected chi connectivity index (χ2v) is 7.00. The summed E-state index contributed by atoms with van der Waals surface area (Å²) in [5.74, 6) is -0.244. The van der Waals surface area contributed by atoms with E-state index in [1.165, 1.54) is 7.11 Å². The Morgan fingerprint density at radius 1 is 1.38 bits per heavy atom. The van der Waals surface area contributed by atoms with Crippen LogP contribution >= 0.6 is 0 Å². The molecule has 7 heteroatoms. The molecule has 0 aliphatic heterocycles. The number of nitrogens with one attached hydrogen (secondary N) is 1. The first-order valence-electron chi connectivity index (χ1n) is 9.02. The van der Waals surface area contributed by atoms with E-state index in [1.807, 2.05) is 17.8 Å². The van der Waals surface area contributed by atoms with Gasteiger partial charge in [0.2, 0.25) is 5.91 Å². The average molecular weight is 359 g/mol. The third-order valence-corrected chi connectivity index (χ3v) is 5.22. The maximum absolute atomic E-state index is 11.6. The topological polar surface area (TPSA) is 93.5 Å². The van der Waals surface area contributed by atoms with Gasteiger partial charge in [0.1, 0.15) is 11.3 Å². The lowest BCUT2D eigenvalue weighted by Crippen LogP contribution is -2.40. The number of carbonyl (C=O) groups is 2. The van der Waals surface area contributed by atoms with Gasteiger partial charge in [0.15, 0.2) is 0 Å². The molecule has 0 unspecified atom stereocenters. The largest absolute Gasteiger partial charge is 0.496 e. The Bertz CT molecular complexity index is 830. The van der Waals surface area contributed by atoms with Crippen LogP contribution in [0.2, 0.25) is 0 Å². The SMILES string of the molecule is CCC(=O)N[C@@H]1CC[C@H](n2cc3cc(C(=O)O)c(OC)cc3n2)[C@H](C)C1. The lowest BCUT2D eigenvalue weighted by Gasteiger charge is -2.34. The third-order valence-electron chi connectivity index (χ3n) is 5.22. The summed E-state index contributed by atoms with van der Waals surface area (Å²) in [6.07, 6.45) is 5.17. The van der Waals surface area contributed by atoms with Gasteiger partial charge in [0.05, 0.1) is 18.7 Å². The van der Waals surface area contributed by atoms with Gasteiger partial charge in [-0.25, -0.2) is 4.79 Å². The van der Waals surface area contributed by atoms with E-state index in [0.29, 0.717) is 18.1 Å². The van der Waals surface area contributed by atoms with Crippen LogP contribution < -0.4 is 10.1 Å². The maximum atomic E-state index is 11.6. The first-order chi connectivity index (χ1) is 12.4. The first kappa shape index (κ1) is 18.2. The van der Waals surface area contributed by atoms with Crippen molar-refractivity contribution in [3.63, 3.8) is 0 Å². The van der Waals surface area contributed by atoms with Crippen LogP contribution in [0.15, 0.2) is 18.3 Å². The van der Waals surface area contributed by atoms with Crippen molar-refractivity contribution in [3.05, 3.63) is 23.9 Å². The number of rotatable bonds is 5. The molecule has 0 saturated heterocycles. The number of benzene rings is 1. The minimum Gasteiger partial charge on any atom is -0.496 e. The number of carboxylic acids is 1. The van der Waals surface area contributed by atoms with Crippen LogP contribution in [0, 0.1) is 5.92 Å². The summed E-state index contributed by atoms with van der Waals surface area (Å²) in [5.41, 5.74) is 0.860. The number of amides is 1. The maximum Gasteiger partial charge on any atom is 0.339 e. The number of carboxylic acid groups (broad SMARTS) is 1. The second-order valence-electron chi connectivity index (χ2n) is 7.00. The zero-order chi connectivity index (χ0) is 18.8. The van der Waals surface area contributed by atoms with Crippen molar-refractivity contribution in [1.82, 2.24) is 15.1 Å². The van der Waals surface area contributed by atoms with Crippen LogP contribution in [0.4, 0.5) is 0 Å². The Kier molecular flexibility index (Phi) is 5.15. The predicted molar refractivity (Wildman–Crippen MR) is 97.5 cm³/mol. The Morgan fingerprint density at radius 3 is 2.77 bits per heavy atom. The lowest BCUT2D eigenvalue weighted by atomic mass is 9.82. The van der Waals surface area contributed by atoms with Crippen LogP contribution in [0.1, 0.15) is 55.9 Å². The standard InChI is InChI=1S/C19H25N3O4/c1-4-18(23)20-13-5-6-16(11(2)7-13)22-10-12-8-14(19(24)25)17(26-3)9-15(12)21-22/h8-11,13,16H,4-7H2,1-3H3,(H,20,23)(H,24,25)/t11-,13-,16+/m1/s1. The molecule has 140 valence electrons. The molecule has 1 aromatic carbocycles. The van der Waals surface area contributed by atoms with Gasteiger partial charge in [-0.2, -0.15) is 5.10 Å². The number of nitrogens with zero attached hydrogens (tertiary/aromatic N) is 2. The molecular weight excluding hydrogens is 334 g/mol. The Hall–Kier alpha value is -2.57. The van der Waals surface area contributed by atoms with E-state index in [0.717, 1.165) is 30.2 Å². The van der Waals surface area contributed by atoms with Gasteiger partial charge in [-0.3, -0.25) is 9.48 Å². The molecule has 0 bridgehead atoms. The average Bonchev–Trinajstić information content (AvgIpc) is 3.02. The summed E-state index contributed by atoms with van der Waals surface area (Å²) < 4.78 is 7.12. The van der Waals surface area contributed by atoms with E-state index < -0.39 is 5.97 Å². The van der Waals surface area contributed by atoms with Gasteiger partial charge in [0.25, 0.3) is 0 Å². The molecule has 26 heavy (non-hydrogen) atoms. The fourth-order valence-corrected chi connectivity index (χ4v) is 3.81. The zero-order valence-electron chi connectivity index (χ0n) is 15.4. The normalized spacial score (nSPS) is 23.0. The highest BCUT2D eigenvalue weighted by Gasteiger charge is 2.30. The van der Waals surface area contributed by atoms with E-state index in [9.17, 15) is 14.7 Å². The molecule has 1 aliphatic rings. The second kappa shape index (κ2) is 7.35. The van der Waals surface area contributed by atoms with Crippen LogP contribution in [0.25, 0.3) is 10.9 Å². The van der Waals surface area contributed by atoms with Crippen molar-refractivity contribution in [2.75, 3.05) is 7.11 Å². The van der Waals surface area contributed by atoms with Gasteiger partial charge in [0, 0.05) is 30.1 Å². The number of aromatic carboxylic acids is 1. The Balaban J connectivity index is 1.82. The van der Waals surface area contributed by atoms with Crippen LogP contribution in [-0.2, 0) is 4.79 Å². The fourth-order valence-electron chi connectivity index (χ4n) is 3.81. The first-order valence-corrected chi connectivity index (χ1v) is 9.02. The van der Waals surface area contributed by atoms with Crippen molar-refractivity contribution in [1.29, 1.82) is 0 Å². The Morgan fingerprint density at radius 2 is 2.15 bits per heavy atom. The molecule has 0 spiro atoms. The minimum atomic E-state index is -1.02. The summed E-state index contributed by atoms with van der Waals surface area (Å²) in [7, 11) is 1.46. The molecule has 1 aromatic heterocycles. The van der Waals surface area contributed by atoms with Crippen molar-refractivity contribution >= 4 is 22.8 Å². The predicted octanol–water partition coefficient (Wildman–Crippen LogP) is 3.00. The summed E-state index contributed by atoms with van der Waals surface area (Å²) in [6.45, 7) is 4.03. The highest BCUT2D eigenvalue weighted by molar-refractivity contribution is 5.96. The molecule has 0 radical (unpaired) electrons. The monoisotopic (exact) mass is 359 g/mol. The molecule has 2 aromatic rings. The molecule has 1 amide bonds. The number of fused-ring (bicyclic) bond motifs is 1. The molecule has 1 fully saturated rings. The van der Waals surface area contributed by atoms with Gasteiger partial charge in [-0.15, -0.1) is 0 Å². The molecule has 1 saturated carbocycles. The number of hydrogen-bond donors (Lipinski definition) is 2. The highest BCUT2D eigenvalue weighted by Crippen LogP contribution is 2.35. The van der Waals surface area contributed by atoms with Crippen molar-refractivity contribution in [2.24, 2.45) is 5.92 Å². The van der Waals surface area contributed by atoms with Gasteiger partial charge < -0.3 is 15.2 Å². The summed E-state index contributed by atoms with van der Waals surface area (Å²) in [5, 5.41) is 17.9. The van der Waals surface area contributed by atoms with Crippen LogP contribution in [0.3, 0.4) is 0 Å². The van der Waals surface area contributed by atoms with Crippen molar-refractivity contribution in [2.45, 2.75) is 51.6 Å². The summed E-state index contributed by atoms with van der Waals surface area (Å²) in [4.78, 5) is 23.0. The van der Waals surface area contributed by atoms with E-state index >= 15 is 0 Å². The number of ether oxygens (including phenoxy) is 1. The van der Waals surface area contributed by atoms with E-state index in [2.05, 4.69) is 17.3 Å². The smallest absolute Gasteiger partial charge is 0.339 e. The molecule has 1 aliphatic carbocycles. The molecule has 7 nitrogen and oxygen atoms in total. The Labute approximate surface area is 152 Å². The number of carbonyl (C=O) groups excluding carboxylic acids is 1. The fraction of sp³-hybridized carbons (Fsp3) is 0.526. The quantitative estimate of drug-likeness (QED) is 0.856. The highest BCUT2D eigenvalue weighted by atomic mass is 16.5. The number of aromatic nitrogens is 2. The third kappa shape index (κ3) is 3.52. The van der Waals surface area contributed by atoms with Crippen LogP contribution in [0.5, 0.6) is 5.75 Å². The lowest BCUT2D eigenvalue weighted by molar-refractivity contribution is -0.121. The molecular formula is C19H25N3O4. The minimum absolute atomic E-state index is 0.0961. The molecule has 1 heterocycles. The van der Waals surface area contributed by atoms with Gasteiger partial charge in [-0.1, -0.05) is 13.8 Å². The molecule has 2 N–H and O–H groups in total. The van der Waals surface area contributed by atoms with Gasteiger partial charge >= 0.3 is 5.97 Å². The zero-order valence-corrected chi connectivity index (χ0v) is 15.4. The molecule has 3 rings (SSSR count). The van der Waals surface area contributed by atoms with Crippen molar-refractivity contribution in [3.8, 4) is 5.75 Å². The number of methoxy groups -OCH3 is 1. The van der Waals surface area contributed by atoms with Crippen molar-refractivity contribution < 1.29 is 19.4 Å². The van der Waals surface area contributed by atoms with Crippen LogP contribution in [-0.4, -0.2) is 39.9 Å².